The van der Waals surface area contributed by atoms with Gasteiger partial charge >= 0.3 is 0 Å². The fourth-order valence-electron chi connectivity index (χ4n) is 1.72. The number of rotatable bonds is 5. The first-order chi connectivity index (χ1) is 6.69. The summed E-state index contributed by atoms with van der Waals surface area (Å²) < 4.78 is 1.86. The van der Waals surface area contributed by atoms with Crippen molar-refractivity contribution in [2.24, 2.45) is 12.8 Å². The van der Waals surface area contributed by atoms with Crippen molar-refractivity contribution in [3.63, 3.8) is 0 Å². The summed E-state index contributed by atoms with van der Waals surface area (Å²) in [5.41, 5.74) is 8.49. The third-order valence-electron chi connectivity index (χ3n) is 2.54. The van der Waals surface area contributed by atoms with Crippen LogP contribution in [-0.2, 0) is 13.5 Å². The van der Waals surface area contributed by atoms with Crippen LogP contribution in [0.5, 0.6) is 0 Å². The van der Waals surface area contributed by atoms with Crippen LogP contribution in [0, 0.1) is 0 Å². The topological polar surface area (TPSA) is 43.8 Å². The first-order valence-corrected chi connectivity index (χ1v) is 5.47. The van der Waals surface area contributed by atoms with E-state index in [1.165, 1.54) is 18.4 Å². The monoisotopic (exact) mass is 195 g/mol. The second kappa shape index (κ2) is 5.15. The Balaban J connectivity index is 2.72. The fourth-order valence-corrected chi connectivity index (χ4v) is 1.72. The number of nitrogens with two attached hydrogens (primary N) is 1. The van der Waals surface area contributed by atoms with Crippen molar-refractivity contribution in [1.82, 2.24) is 9.78 Å². The van der Waals surface area contributed by atoms with Crippen molar-refractivity contribution in [2.45, 2.75) is 45.6 Å². The maximum absolute atomic E-state index is 6.12. The largest absolute Gasteiger partial charge is 0.324 e. The van der Waals surface area contributed by atoms with Crippen LogP contribution in [0.3, 0.4) is 0 Å². The molecule has 1 heterocycles. The second-order valence-electron chi connectivity index (χ2n) is 3.81. The summed E-state index contributed by atoms with van der Waals surface area (Å²) in [6.07, 6.45) is 6.49. The van der Waals surface area contributed by atoms with E-state index in [-0.39, 0.29) is 6.04 Å². The van der Waals surface area contributed by atoms with Crippen LogP contribution < -0.4 is 5.73 Å². The zero-order valence-electron chi connectivity index (χ0n) is 9.45. The third kappa shape index (κ3) is 2.58. The van der Waals surface area contributed by atoms with Crippen molar-refractivity contribution in [3.8, 4) is 0 Å². The van der Waals surface area contributed by atoms with Crippen LogP contribution in [-0.4, -0.2) is 9.78 Å². The summed E-state index contributed by atoms with van der Waals surface area (Å²) in [7, 11) is 1.95. The van der Waals surface area contributed by atoms with E-state index in [0.717, 1.165) is 18.5 Å². The highest BCUT2D eigenvalue weighted by atomic mass is 15.3. The van der Waals surface area contributed by atoms with Crippen molar-refractivity contribution in [3.05, 3.63) is 17.5 Å². The highest BCUT2D eigenvalue weighted by Gasteiger charge is 2.12. The predicted octanol–water partition coefficient (Wildman–Crippen LogP) is 2.17. The molecule has 1 unspecified atom stereocenters. The van der Waals surface area contributed by atoms with Crippen molar-refractivity contribution >= 4 is 0 Å². The lowest BCUT2D eigenvalue weighted by atomic mass is 10.0. The van der Waals surface area contributed by atoms with E-state index in [2.05, 4.69) is 25.1 Å². The molecular weight excluding hydrogens is 174 g/mol. The molecule has 0 radical (unpaired) electrons. The maximum atomic E-state index is 6.12. The smallest absolute Gasteiger partial charge is 0.0669 e. The molecule has 0 aliphatic heterocycles. The van der Waals surface area contributed by atoms with Gasteiger partial charge in [-0.3, -0.25) is 4.68 Å². The van der Waals surface area contributed by atoms with Crippen LogP contribution in [0.4, 0.5) is 0 Å². The molecule has 0 saturated carbocycles. The molecule has 1 aromatic heterocycles. The van der Waals surface area contributed by atoms with Crippen LogP contribution >= 0.6 is 0 Å². The SMILES string of the molecule is CCCCC(N)c1cn(C)nc1CC. The van der Waals surface area contributed by atoms with Gasteiger partial charge in [-0.05, 0) is 12.8 Å². The van der Waals surface area contributed by atoms with Gasteiger partial charge in [-0.1, -0.05) is 26.7 Å². The van der Waals surface area contributed by atoms with Gasteiger partial charge < -0.3 is 5.73 Å². The van der Waals surface area contributed by atoms with Crippen molar-refractivity contribution < 1.29 is 0 Å². The zero-order valence-corrected chi connectivity index (χ0v) is 9.45. The maximum Gasteiger partial charge on any atom is 0.0669 e. The van der Waals surface area contributed by atoms with Gasteiger partial charge in [0.2, 0.25) is 0 Å². The highest BCUT2D eigenvalue weighted by molar-refractivity contribution is 5.20. The molecule has 3 heteroatoms. The Morgan fingerprint density at radius 2 is 2.21 bits per heavy atom. The number of hydrogen-bond donors (Lipinski definition) is 1. The minimum absolute atomic E-state index is 0.165. The fraction of sp³-hybridized carbons (Fsp3) is 0.727. The first kappa shape index (κ1) is 11.2. The average molecular weight is 195 g/mol. The lowest BCUT2D eigenvalue weighted by Gasteiger charge is -2.09. The third-order valence-corrected chi connectivity index (χ3v) is 2.54. The number of unbranched alkanes of at least 4 members (excludes halogenated alkanes) is 1. The van der Waals surface area contributed by atoms with Crippen LogP contribution in [0.2, 0.25) is 0 Å². The normalized spacial score (nSPS) is 13.1. The van der Waals surface area contributed by atoms with Gasteiger partial charge in [0.1, 0.15) is 0 Å². The van der Waals surface area contributed by atoms with Gasteiger partial charge in [-0.25, -0.2) is 0 Å². The molecule has 14 heavy (non-hydrogen) atoms. The Bertz CT molecular complexity index is 278. The molecule has 1 aromatic rings. The molecule has 0 fully saturated rings. The Hall–Kier alpha value is -0.830. The Labute approximate surface area is 86.3 Å². The summed E-state index contributed by atoms with van der Waals surface area (Å²) in [5, 5.41) is 4.39. The molecule has 0 aliphatic rings. The molecule has 2 N–H and O–H groups in total. The van der Waals surface area contributed by atoms with Crippen LogP contribution in [0.15, 0.2) is 6.20 Å². The summed E-state index contributed by atoms with van der Waals surface area (Å²) in [4.78, 5) is 0. The predicted molar refractivity (Wildman–Crippen MR) is 59.0 cm³/mol. The van der Waals surface area contributed by atoms with Crippen LogP contribution in [0.25, 0.3) is 0 Å². The van der Waals surface area contributed by atoms with Gasteiger partial charge in [0.25, 0.3) is 0 Å². The average Bonchev–Trinajstić information content (AvgIpc) is 2.56. The first-order valence-electron chi connectivity index (χ1n) is 5.47. The number of aromatic nitrogens is 2. The lowest BCUT2D eigenvalue weighted by molar-refractivity contribution is 0.599. The standard InChI is InChI=1S/C11H21N3/c1-4-6-7-10(12)9-8-14(3)13-11(9)5-2/h8,10H,4-7,12H2,1-3H3. The molecule has 0 aromatic carbocycles. The Morgan fingerprint density at radius 1 is 1.50 bits per heavy atom. The highest BCUT2D eigenvalue weighted by Crippen LogP contribution is 2.20. The molecular formula is C11H21N3. The van der Waals surface area contributed by atoms with Crippen LogP contribution in [0.1, 0.15) is 50.4 Å². The van der Waals surface area contributed by atoms with E-state index in [1.807, 2.05) is 11.7 Å². The van der Waals surface area contributed by atoms with Gasteiger partial charge in [-0.2, -0.15) is 5.10 Å². The molecule has 80 valence electrons. The number of nitrogens with zero attached hydrogens (tertiary/aromatic N) is 2. The Morgan fingerprint density at radius 3 is 2.79 bits per heavy atom. The van der Waals surface area contributed by atoms with Crippen molar-refractivity contribution in [2.75, 3.05) is 0 Å². The van der Waals surface area contributed by atoms with E-state index in [1.54, 1.807) is 0 Å². The molecule has 3 nitrogen and oxygen atoms in total. The molecule has 1 atom stereocenters. The lowest BCUT2D eigenvalue weighted by Crippen LogP contribution is -2.11. The van der Waals surface area contributed by atoms with Gasteiger partial charge in [-0.15, -0.1) is 0 Å². The summed E-state index contributed by atoms with van der Waals surface area (Å²) in [5.74, 6) is 0. The molecule has 0 bridgehead atoms. The minimum Gasteiger partial charge on any atom is -0.324 e. The second-order valence-corrected chi connectivity index (χ2v) is 3.81. The summed E-state index contributed by atoms with van der Waals surface area (Å²) in [6, 6.07) is 0.165. The van der Waals surface area contributed by atoms with E-state index in [4.69, 9.17) is 5.73 Å². The summed E-state index contributed by atoms with van der Waals surface area (Å²) in [6.45, 7) is 4.31. The van der Waals surface area contributed by atoms with Crippen molar-refractivity contribution in [1.29, 1.82) is 0 Å². The van der Waals surface area contributed by atoms with Gasteiger partial charge in [0.15, 0.2) is 0 Å². The molecule has 1 rings (SSSR count). The van der Waals surface area contributed by atoms with Gasteiger partial charge in [0.05, 0.1) is 5.69 Å². The molecule has 0 amide bonds. The number of hydrogen-bond acceptors (Lipinski definition) is 2. The van der Waals surface area contributed by atoms with E-state index in [9.17, 15) is 0 Å². The molecule has 0 spiro atoms. The van der Waals surface area contributed by atoms with E-state index in [0.29, 0.717) is 0 Å². The van der Waals surface area contributed by atoms with E-state index < -0.39 is 0 Å². The minimum atomic E-state index is 0.165. The number of aryl methyl sites for hydroxylation is 2. The molecule has 0 saturated heterocycles. The zero-order chi connectivity index (χ0) is 10.6. The van der Waals surface area contributed by atoms with E-state index >= 15 is 0 Å². The quantitative estimate of drug-likeness (QED) is 0.782. The molecule has 0 aliphatic carbocycles. The summed E-state index contributed by atoms with van der Waals surface area (Å²) >= 11 is 0. The van der Waals surface area contributed by atoms with Gasteiger partial charge in [0, 0.05) is 24.8 Å². The Kier molecular flexibility index (Phi) is 4.14.